The summed E-state index contributed by atoms with van der Waals surface area (Å²) >= 11 is 3.23. The van der Waals surface area contributed by atoms with Crippen molar-refractivity contribution in [2.45, 2.75) is 25.1 Å². The highest BCUT2D eigenvalue weighted by Gasteiger charge is 2.29. The molecule has 0 amide bonds. The monoisotopic (exact) mass is 333 g/mol. The van der Waals surface area contributed by atoms with Crippen LogP contribution in [0.4, 0.5) is 13.2 Å². The number of aliphatic hydroxyl groups is 1. The molecular weight excluding hydrogens is 323 g/mol. The van der Waals surface area contributed by atoms with Crippen molar-refractivity contribution in [3.63, 3.8) is 0 Å². The maximum Gasteiger partial charge on any atom is 0.389 e. The topological polar surface area (TPSA) is 33.1 Å². The summed E-state index contributed by atoms with van der Waals surface area (Å²) in [5.74, 6) is 0. The first-order valence-electron chi connectivity index (χ1n) is 5.67. The molecule has 0 aliphatic heterocycles. The lowest BCUT2D eigenvalue weighted by atomic mass is 10.1. The molecule has 0 fully saturated rings. The smallest absolute Gasteiger partial charge is 0.387 e. The molecule has 1 heterocycles. The van der Waals surface area contributed by atoms with E-state index >= 15 is 0 Å². The number of hydrogen-bond acceptors (Lipinski definition) is 2. The number of para-hydroxylation sites is 1. The van der Waals surface area contributed by atoms with E-state index < -0.39 is 25.1 Å². The van der Waals surface area contributed by atoms with Crippen molar-refractivity contribution >= 4 is 26.8 Å². The SMILES string of the molecule is OC(CCC(F)(F)F)c1nc2ccccc2cc1Br. The van der Waals surface area contributed by atoms with Crippen molar-refractivity contribution < 1.29 is 18.3 Å². The molecule has 2 rings (SSSR count). The van der Waals surface area contributed by atoms with Gasteiger partial charge >= 0.3 is 6.18 Å². The Hall–Kier alpha value is -1.14. The zero-order valence-corrected chi connectivity index (χ0v) is 11.4. The number of rotatable bonds is 3. The Morgan fingerprint density at radius 3 is 2.63 bits per heavy atom. The van der Waals surface area contributed by atoms with Crippen LogP contribution in [-0.4, -0.2) is 16.3 Å². The molecule has 0 radical (unpaired) electrons. The molecule has 0 saturated carbocycles. The molecule has 0 bridgehead atoms. The summed E-state index contributed by atoms with van der Waals surface area (Å²) < 4.78 is 36.9. The Morgan fingerprint density at radius 2 is 1.95 bits per heavy atom. The first-order valence-corrected chi connectivity index (χ1v) is 6.46. The molecule has 1 unspecified atom stereocenters. The third-order valence-corrected chi connectivity index (χ3v) is 3.36. The quantitative estimate of drug-likeness (QED) is 0.904. The van der Waals surface area contributed by atoms with Crippen molar-refractivity contribution in [1.82, 2.24) is 4.98 Å². The first-order chi connectivity index (χ1) is 8.87. The molecule has 19 heavy (non-hydrogen) atoms. The highest BCUT2D eigenvalue weighted by molar-refractivity contribution is 9.10. The summed E-state index contributed by atoms with van der Waals surface area (Å²) in [4.78, 5) is 4.21. The maximum absolute atomic E-state index is 12.1. The van der Waals surface area contributed by atoms with Crippen molar-refractivity contribution in [3.8, 4) is 0 Å². The Balaban J connectivity index is 2.26. The maximum atomic E-state index is 12.1. The summed E-state index contributed by atoms with van der Waals surface area (Å²) in [6.07, 6.45) is -6.94. The van der Waals surface area contributed by atoms with Crippen LogP contribution < -0.4 is 0 Å². The van der Waals surface area contributed by atoms with Gasteiger partial charge in [-0.05, 0) is 34.5 Å². The second kappa shape index (κ2) is 5.46. The Morgan fingerprint density at radius 1 is 1.26 bits per heavy atom. The summed E-state index contributed by atoms with van der Waals surface area (Å²) in [6.45, 7) is 0. The van der Waals surface area contributed by atoms with Crippen molar-refractivity contribution in [2.75, 3.05) is 0 Å². The first kappa shape index (κ1) is 14.3. The number of alkyl halides is 3. The van der Waals surface area contributed by atoms with Gasteiger partial charge in [-0.2, -0.15) is 13.2 Å². The van der Waals surface area contributed by atoms with Gasteiger partial charge in [-0.15, -0.1) is 0 Å². The van der Waals surface area contributed by atoms with Gasteiger partial charge in [-0.3, -0.25) is 0 Å². The van der Waals surface area contributed by atoms with Crippen LogP contribution in [-0.2, 0) is 0 Å². The van der Waals surface area contributed by atoms with Crippen LogP contribution in [0.15, 0.2) is 34.8 Å². The van der Waals surface area contributed by atoms with Gasteiger partial charge in [-0.1, -0.05) is 18.2 Å². The van der Waals surface area contributed by atoms with Crippen LogP contribution in [0.3, 0.4) is 0 Å². The van der Waals surface area contributed by atoms with Crippen molar-refractivity contribution in [3.05, 3.63) is 40.5 Å². The van der Waals surface area contributed by atoms with E-state index in [9.17, 15) is 18.3 Å². The van der Waals surface area contributed by atoms with Gasteiger partial charge in [0.05, 0.1) is 17.3 Å². The Bertz CT molecular complexity index is 586. The second-order valence-electron chi connectivity index (χ2n) is 4.22. The second-order valence-corrected chi connectivity index (χ2v) is 5.07. The van der Waals surface area contributed by atoms with Crippen LogP contribution in [0.5, 0.6) is 0 Å². The number of halogens is 4. The molecule has 0 aliphatic carbocycles. The van der Waals surface area contributed by atoms with E-state index in [0.29, 0.717) is 9.99 Å². The third-order valence-electron chi connectivity index (χ3n) is 2.72. The fourth-order valence-electron chi connectivity index (χ4n) is 1.78. The summed E-state index contributed by atoms with van der Waals surface area (Å²) in [7, 11) is 0. The molecule has 1 atom stereocenters. The van der Waals surface area contributed by atoms with E-state index in [2.05, 4.69) is 20.9 Å². The zero-order valence-electron chi connectivity index (χ0n) is 9.78. The fraction of sp³-hybridized carbons (Fsp3) is 0.308. The molecule has 1 aromatic heterocycles. The molecule has 0 spiro atoms. The number of aliphatic hydroxyl groups excluding tert-OH is 1. The summed E-state index contributed by atoms with van der Waals surface area (Å²) in [5.41, 5.74) is 0.884. The minimum atomic E-state index is -4.27. The van der Waals surface area contributed by atoms with E-state index in [1.165, 1.54) is 0 Å². The van der Waals surface area contributed by atoms with Crippen LogP contribution >= 0.6 is 15.9 Å². The van der Waals surface area contributed by atoms with Crippen molar-refractivity contribution in [2.24, 2.45) is 0 Å². The fourth-order valence-corrected chi connectivity index (χ4v) is 2.38. The predicted molar refractivity (Wildman–Crippen MR) is 69.7 cm³/mol. The van der Waals surface area contributed by atoms with Gasteiger partial charge in [0.1, 0.15) is 0 Å². The van der Waals surface area contributed by atoms with E-state index in [-0.39, 0.29) is 5.69 Å². The van der Waals surface area contributed by atoms with Gasteiger partial charge in [0.2, 0.25) is 0 Å². The summed E-state index contributed by atoms with van der Waals surface area (Å²) in [5, 5.41) is 10.7. The van der Waals surface area contributed by atoms with Crippen LogP contribution in [0.25, 0.3) is 10.9 Å². The molecule has 102 valence electrons. The molecule has 1 N–H and O–H groups in total. The summed E-state index contributed by atoms with van der Waals surface area (Å²) in [6, 6.07) is 8.97. The van der Waals surface area contributed by atoms with Gasteiger partial charge in [-0.25, -0.2) is 4.98 Å². The lowest BCUT2D eigenvalue weighted by molar-refractivity contribution is -0.140. The number of benzene rings is 1. The predicted octanol–water partition coefficient (Wildman–Crippen LogP) is 4.37. The molecular formula is C13H11BrF3NO. The van der Waals surface area contributed by atoms with Gasteiger partial charge in [0.25, 0.3) is 0 Å². The molecule has 6 heteroatoms. The van der Waals surface area contributed by atoms with Gasteiger partial charge < -0.3 is 5.11 Å². The molecule has 1 aromatic carbocycles. The lowest BCUT2D eigenvalue weighted by Gasteiger charge is -2.14. The molecule has 0 saturated heterocycles. The number of nitrogens with zero attached hydrogens (tertiary/aromatic N) is 1. The molecule has 2 nitrogen and oxygen atoms in total. The Kier molecular flexibility index (Phi) is 4.10. The van der Waals surface area contributed by atoms with E-state index in [0.717, 1.165) is 5.39 Å². The Labute approximate surface area is 116 Å². The highest BCUT2D eigenvalue weighted by Crippen LogP contribution is 2.31. The number of hydrogen-bond donors (Lipinski definition) is 1. The van der Waals surface area contributed by atoms with Gasteiger partial charge in [0.15, 0.2) is 0 Å². The standard InChI is InChI=1S/C13H11BrF3NO/c14-9-7-8-3-1-2-4-10(8)18-12(9)11(19)5-6-13(15,16)17/h1-4,7,11,19H,5-6H2. The minimum Gasteiger partial charge on any atom is -0.387 e. The minimum absolute atomic E-state index is 0.239. The zero-order chi connectivity index (χ0) is 14.0. The number of fused-ring (bicyclic) bond motifs is 1. The third kappa shape index (κ3) is 3.67. The van der Waals surface area contributed by atoms with Crippen LogP contribution in [0.1, 0.15) is 24.6 Å². The normalized spacial score (nSPS) is 13.7. The number of aromatic nitrogens is 1. The molecule has 2 aromatic rings. The molecule has 0 aliphatic rings. The number of pyridine rings is 1. The van der Waals surface area contributed by atoms with Gasteiger partial charge in [0, 0.05) is 16.3 Å². The average molecular weight is 334 g/mol. The van der Waals surface area contributed by atoms with E-state index in [1.54, 1.807) is 18.2 Å². The lowest BCUT2D eigenvalue weighted by Crippen LogP contribution is -2.11. The van der Waals surface area contributed by atoms with E-state index in [1.807, 2.05) is 12.1 Å². The van der Waals surface area contributed by atoms with Crippen LogP contribution in [0, 0.1) is 0 Å². The largest absolute Gasteiger partial charge is 0.389 e. The average Bonchev–Trinajstić information content (AvgIpc) is 2.34. The van der Waals surface area contributed by atoms with E-state index in [4.69, 9.17) is 0 Å². The van der Waals surface area contributed by atoms with Crippen LogP contribution in [0.2, 0.25) is 0 Å². The van der Waals surface area contributed by atoms with Crippen molar-refractivity contribution in [1.29, 1.82) is 0 Å². The highest BCUT2D eigenvalue weighted by atomic mass is 79.9.